The number of thioether (sulfide) groups is 1. The third-order valence-corrected chi connectivity index (χ3v) is 8.47. The Balaban J connectivity index is 1.83. The minimum absolute atomic E-state index is 0.000661. The topological polar surface area (TPSA) is 135 Å². The molecule has 190 valence electrons. The summed E-state index contributed by atoms with van der Waals surface area (Å²) >= 11 is 0.202. The van der Waals surface area contributed by atoms with Crippen LogP contribution in [0, 0.1) is 16.6 Å². The van der Waals surface area contributed by atoms with E-state index in [0.717, 1.165) is 12.4 Å². The molecule has 0 bridgehead atoms. The van der Waals surface area contributed by atoms with Crippen LogP contribution in [0.1, 0.15) is 32.4 Å². The Morgan fingerprint density at radius 2 is 1.86 bits per heavy atom. The van der Waals surface area contributed by atoms with Crippen molar-refractivity contribution in [2.45, 2.75) is 43.5 Å². The van der Waals surface area contributed by atoms with Gasteiger partial charge in [0.2, 0.25) is 15.9 Å². The zero-order chi connectivity index (χ0) is 25.7. The maximum atomic E-state index is 15.9. The van der Waals surface area contributed by atoms with Gasteiger partial charge in [0.05, 0.1) is 11.9 Å². The molecular formula is C20H24F3N7O3S2. The van der Waals surface area contributed by atoms with Crippen LogP contribution < -0.4 is 9.62 Å². The first-order chi connectivity index (χ1) is 16.3. The summed E-state index contributed by atoms with van der Waals surface area (Å²) in [7, 11) is -4.32. The molecule has 35 heavy (non-hydrogen) atoms. The Labute approximate surface area is 203 Å². The van der Waals surface area contributed by atoms with Gasteiger partial charge in [-0.15, -0.1) is 0 Å². The van der Waals surface area contributed by atoms with E-state index in [-0.39, 0.29) is 47.8 Å². The lowest BCUT2D eigenvalue weighted by molar-refractivity contribution is -0.129. The van der Waals surface area contributed by atoms with Crippen molar-refractivity contribution in [2.24, 2.45) is 0 Å². The minimum atomic E-state index is -4.32. The molecule has 4 rings (SSSR count). The van der Waals surface area contributed by atoms with Gasteiger partial charge in [-0.25, -0.2) is 31.3 Å². The largest absolute Gasteiger partial charge is 0.363 e. The quantitative estimate of drug-likeness (QED) is 0.387. The van der Waals surface area contributed by atoms with E-state index in [1.807, 2.05) is 0 Å². The number of nitrogens with zero attached hydrogens (tertiary/aromatic N) is 4. The van der Waals surface area contributed by atoms with Gasteiger partial charge in [0.25, 0.3) is 6.43 Å². The van der Waals surface area contributed by atoms with Crippen LogP contribution in [0.3, 0.4) is 0 Å². The fourth-order valence-electron chi connectivity index (χ4n) is 3.81. The van der Waals surface area contributed by atoms with Crippen molar-refractivity contribution >= 4 is 49.1 Å². The van der Waals surface area contributed by atoms with E-state index in [1.165, 1.54) is 11.3 Å². The van der Waals surface area contributed by atoms with Gasteiger partial charge in [-0.05, 0) is 31.5 Å². The summed E-state index contributed by atoms with van der Waals surface area (Å²) in [6, 6.07) is 0. The number of fused-ring (bicyclic) bond motifs is 1. The zero-order valence-corrected chi connectivity index (χ0v) is 20.6. The molecule has 1 amide bonds. The van der Waals surface area contributed by atoms with Gasteiger partial charge in [-0.2, -0.15) is 0 Å². The lowest BCUT2D eigenvalue weighted by atomic mass is 10.2. The highest BCUT2D eigenvalue weighted by Gasteiger charge is 2.43. The molecule has 1 aliphatic carbocycles. The van der Waals surface area contributed by atoms with Crippen molar-refractivity contribution in [3.05, 3.63) is 23.9 Å². The predicted molar refractivity (Wildman–Crippen MR) is 126 cm³/mol. The number of pyridine rings is 1. The van der Waals surface area contributed by atoms with Crippen LogP contribution in [0.15, 0.2) is 17.3 Å². The van der Waals surface area contributed by atoms with Crippen LogP contribution in [-0.4, -0.2) is 76.8 Å². The Morgan fingerprint density at radius 3 is 2.40 bits per heavy atom. The summed E-state index contributed by atoms with van der Waals surface area (Å²) in [5.41, 5.74) is -0.863. The molecule has 0 radical (unpaired) electrons. The fraction of sp³-hybridized carbons (Fsp3) is 0.500. The normalized spacial score (nSPS) is 17.8. The van der Waals surface area contributed by atoms with Crippen LogP contribution in [0.4, 0.5) is 18.9 Å². The van der Waals surface area contributed by atoms with Gasteiger partial charge in [0.15, 0.2) is 11.5 Å². The number of piperazine rings is 1. The molecule has 1 aliphatic heterocycles. The van der Waals surface area contributed by atoms with E-state index in [0.29, 0.717) is 25.9 Å². The van der Waals surface area contributed by atoms with Crippen LogP contribution in [0.2, 0.25) is 0 Å². The molecule has 2 aliphatic rings. The molecule has 0 spiro atoms. The molecule has 1 saturated heterocycles. The molecule has 15 heteroatoms. The Hall–Kier alpha value is -2.65. The molecule has 0 atom stereocenters. The van der Waals surface area contributed by atoms with Gasteiger partial charge in [-0.3, -0.25) is 20.0 Å². The maximum absolute atomic E-state index is 15.9. The number of hydrogen-bond donors (Lipinski definition) is 3. The number of imidazole rings is 1. The van der Waals surface area contributed by atoms with E-state index in [1.54, 1.807) is 16.7 Å². The van der Waals surface area contributed by atoms with Gasteiger partial charge >= 0.3 is 0 Å². The third-order valence-electron chi connectivity index (χ3n) is 6.03. The van der Waals surface area contributed by atoms with Crippen molar-refractivity contribution in [1.82, 2.24) is 19.0 Å². The average Bonchev–Trinajstić information content (AvgIpc) is 3.33. The maximum Gasteiger partial charge on any atom is 0.285 e. The number of anilines is 1. The molecule has 1 saturated carbocycles. The molecule has 0 aromatic carbocycles. The summed E-state index contributed by atoms with van der Waals surface area (Å²) < 4.78 is 71.5. The van der Waals surface area contributed by atoms with E-state index in [4.69, 9.17) is 10.8 Å². The first-order valence-electron chi connectivity index (χ1n) is 10.7. The van der Waals surface area contributed by atoms with Crippen LogP contribution in [-0.2, 0) is 14.8 Å². The number of aromatic nitrogens is 2. The molecule has 2 fully saturated rings. The molecule has 2 aromatic heterocycles. The van der Waals surface area contributed by atoms with E-state index in [9.17, 15) is 22.0 Å². The fourth-order valence-corrected chi connectivity index (χ4v) is 5.92. The third kappa shape index (κ3) is 5.02. The Morgan fingerprint density at radius 1 is 1.23 bits per heavy atom. The lowest BCUT2D eigenvalue weighted by Crippen LogP contribution is -2.48. The number of sulfonamides is 1. The first-order valence-corrected chi connectivity index (χ1v) is 13.0. The average molecular weight is 532 g/mol. The number of carbonyl (C=O) groups is 1. The van der Waals surface area contributed by atoms with Gasteiger partial charge in [-0.1, -0.05) is 0 Å². The summed E-state index contributed by atoms with van der Waals surface area (Å²) in [6.45, 7) is 4.13. The Kier molecular flexibility index (Phi) is 6.61. The SMILES string of the molecule is CC(=O)N1CCN(c2c(F)c(S(=O)(=O)NC3(C)CC3)cn3c(C(=N)SC(=N)C(F)F)cnc23)CC1. The lowest BCUT2D eigenvalue weighted by Gasteiger charge is -2.36. The predicted octanol–water partition coefficient (Wildman–Crippen LogP) is 2.27. The standard InChI is InChI=1S/C20H24F3N7O3S2/c1-11(31)28-5-7-29(8-6-28)15-14(21)13(35(32,33)27-20(2)3-4-20)10-30-12(9-26-19(15)30)17(24)34-18(25)16(22)23/h9-10,16,24-25,27H,3-8H2,1-2H3. The zero-order valence-electron chi connectivity index (χ0n) is 18.9. The van der Waals surface area contributed by atoms with Crippen molar-refractivity contribution in [1.29, 1.82) is 10.8 Å². The van der Waals surface area contributed by atoms with Crippen molar-refractivity contribution in [3.63, 3.8) is 0 Å². The van der Waals surface area contributed by atoms with Gasteiger partial charge in [0, 0.05) is 44.8 Å². The van der Waals surface area contributed by atoms with E-state index < -0.39 is 42.8 Å². The van der Waals surface area contributed by atoms with Crippen molar-refractivity contribution < 1.29 is 26.4 Å². The summed E-state index contributed by atoms with van der Waals surface area (Å²) in [5, 5.41) is 14.0. The molecule has 3 heterocycles. The van der Waals surface area contributed by atoms with Gasteiger partial charge in [0.1, 0.15) is 20.7 Å². The summed E-state index contributed by atoms with van der Waals surface area (Å²) in [6.07, 6.45) is 0.262. The van der Waals surface area contributed by atoms with Crippen molar-refractivity contribution in [3.8, 4) is 0 Å². The first kappa shape index (κ1) is 25.4. The summed E-state index contributed by atoms with van der Waals surface area (Å²) in [5.74, 6) is -1.16. The molecule has 3 N–H and O–H groups in total. The monoisotopic (exact) mass is 531 g/mol. The highest BCUT2D eigenvalue weighted by molar-refractivity contribution is 8.26. The second-order valence-corrected chi connectivity index (χ2v) is 11.5. The molecular weight excluding hydrogens is 507 g/mol. The van der Waals surface area contributed by atoms with Crippen LogP contribution in [0.25, 0.3) is 5.65 Å². The van der Waals surface area contributed by atoms with Crippen LogP contribution >= 0.6 is 11.8 Å². The van der Waals surface area contributed by atoms with E-state index in [2.05, 4.69) is 9.71 Å². The highest BCUT2D eigenvalue weighted by atomic mass is 32.2. The smallest absolute Gasteiger partial charge is 0.285 e. The molecule has 10 nitrogen and oxygen atoms in total. The second-order valence-electron chi connectivity index (χ2n) is 8.75. The number of amides is 1. The number of halogens is 3. The van der Waals surface area contributed by atoms with E-state index >= 15 is 4.39 Å². The van der Waals surface area contributed by atoms with Crippen molar-refractivity contribution in [2.75, 3.05) is 31.1 Å². The summed E-state index contributed by atoms with van der Waals surface area (Å²) in [4.78, 5) is 18.4. The molecule has 0 unspecified atom stereocenters. The van der Waals surface area contributed by atoms with Gasteiger partial charge < -0.3 is 9.80 Å². The number of rotatable bonds is 6. The number of hydrogen-bond acceptors (Lipinski definition) is 8. The highest BCUT2D eigenvalue weighted by Crippen LogP contribution is 2.38. The molecule has 2 aromatic rings. The minimum Gasteiger partial charge on any atom is -0.363 e. The Bertz CT molecular complexity index is 1320. The second kappa shape index (κ2) is 9.09. The number of alkyl halides is 2. The number of carbonyl (C=O) groups excluding carboxylic acids is 1. The number of nitrogens with one attached hydrogen (secondary N) is 3. The van der Waals surface area contributed by atoms with Crippen LogP contribution in [0.5, 0.6) is 0 Å².